The molecule has 1 aliphatic heterocycles. The second kappa shape index (κ2) is 8.78. The van der Waals surface area contributed by atoms with Gasteiger partial charge in [0.25, 0.3) is 0 Å². The largest absolute Gasteiger partial charge is 0.378 e. The summed E-state index contributed by atoms with van der Waals surface area (Å²) in [4.78, 5) is 14.4. The third-order valence-corrected chi connectivity index (χ3v) is 5.45. The van der Waals surface area contributed by atoms with Crippen molar-refractivity contribution in [2.75, 3.05) is 26.3 Å². The number of ether oxygens (including phenoxy) is 1. The van der Waals surface area contributed by atoms with E-state index >= 15 is 0 Å². The normalized spacial score (nSPS) is 16.9. The van der Waals surface area contributed by atoms with Crippen molar-refractivity contribution in [3.8, 4) is 0 Å². The highest BCUT2D eigenvalue weighted by atomic mass is 32.2. The number of amides is 1. The lowest BCUT2D eigenvalue weighted by molar-refractivity contribution is -0.137. The van der Waals surface area contributed by atoms with E-state index in [2.05, 4.69) is 4.72 Å². The molecule has 0 spiro atoms. The zero-order valence-corrected chi connectivity index (χ0v) is 16.0. The first-order valence-corrected chi connectivity index (χ1v) is 10.3. The minimum absolute atomic E-state index is 0.125. The van der Waals surface area contributed by atoms with Gasteiger partial charge in [-0.25, -0.2) is 13.1 Å². The average molecular weight is 368 g/mol. The summed E-state index contributed by atoms with van der Waals surface area (Å²) < 4.78 is 33.1. The molecule has 1 aromatic carbocycles. The molecular weight excluding hydrogens is 340 g/mol. The molecule has 0 bridgehead atoms. The van der Waals surface area contributed by atoms with E-state index in [0.29, 0.717) is 32.7 Å². The highest BCUT2D eigenvalue weighted by Gasteiger charge is 2.30. The van der Waals surface area contributed by atoms with Crippen LogP contribution in [0.3, 0.4) is 0 Å². The lowest BCUT2D eigenvalue weighted by atomic mass is 10.0. The van der Waals surface area contributed by atoms with Crippen molar-refractivity contribution < 1.29 is 17.9 Å². The maximum absolute atomic E-state index is 12.8. The van der Waals surface area contributed by atoms with Gasteiger partial charge < -0.3 is 9.64 Å². The lowest BCUT2D eigenvalue weighted by Crippen LogP contribution is -2.52. The molecule has 1 aliphatic rings. The summed E-state index contributed by atoms with van der Waals surface area (Å²) in [5.74, 6) is -0.0823. The fourth-order valence-corrected chi connectivity index (χ4v) is 4.29. The number of aryl methyl sites for hydroxylation is 1. The summed E-state index contributed by atoms with van der Waals surface area (Å²) in [5.41, 5.74) is 1.73. The summed E-state index contributed by atoms with van der Waals surface area (Å²) >= 11 is 0. The number of nitrogens with one attached hydrogen (secondary N) is 1. The smallest absolute Gasteiger partial charge is 0.240 e. The Bertz CT molecular complexity index is 682. The SMILES string of the molecule is Cc1cccc(CS(=O)(=O)N[C@@H](CC(C)C)C(=O)N2CCOCC2)c1. The van der Waals surface area contributed by atoms with Crippen LogP contribution in [-0.2, 0) is 25.3 Å². The first-order chi connectivity index (χ1) is 11.8. The van der Waals surface area contributed by atoms with Gasteiger partial charge in [-0.1, -0.05) is 43.7 Å². The maximum atomic E-state index is 12.8. The highest BCUT2D eigenvalue weighted by Crippen LogP contribution is 2.13. The number of carbonyl (C=O) groups is 1. The molecule has 0 saturated carbocycles. The quantitative estimate of drug-likeness (QED) is 0.795. The molecule has 1 aromatic rings. The molecule has 0 radical (unpaired) electrons. The number of rotatable bonds is 7. The van der Waals surface area contributed by atoms with Gasteiger partial charge in [0.05, 0.1) is 19.0 Å². The Morgan fingerprint density at radius 1 is 1.28 bits per heavy atom. The molecule has 0 aliphatic carbocycles. The topological polar surface area (TPSA) is 75.7 Å². The van der Waals surface area contributed by atoms with Gasteiger partial charge in [-0.2, -0.15) is 0 Å². The molecule has 25 heavy (non-hydrogen) atoms. The van der Waals surface area contributed by atoms with Crippen molar-refractivity contribution in [2.24, 2.45) is 5.92 Å². The van der Waals surface area contributed by atoms with E-state index in [4.69, 9.17) is 4.74 Å². The molecule has 0 unspecified atom stereocenters. The van der Waals surface area contributed by atoms with Crippen molar-refractivity contribution in [3.63, 3.8) is 0 Å². The number of nitrogens with zero attached hydrogens (tertiary/aromatic N) is 1. The molecule has 140 valence electrons. The third-order valence-electron chi connectivity index (χ3n) is 4.09. The Morgan fingerprint density at radius 3 is 2.56 bits per heavy atom. The fraction of sp³-hybridized carbons (Fsp3) is 0.611. The second-order valence-corrected chi connectivity index (χ2v) is 8.74. The summed E-state index contributed by atoms with van der Waals surface area (Å²) in [6.07, 6.45) is 0.475. The van der Waals surface area contributed by atoms with Crippen LogP contribution < -0.4 is 4.72 Å². The van der Waals surface area contributed by atoms with Gasteiger partial charge in [0.2, 0.25) is 15.9 Å². The number of hydrogen-bond acceptors (Lipinski definition) is 4. The van der Waals surface area contributed by atoms with Crippen LogP contribution in [0, 0.1) is 12.8 Å². The fourth-order valence-electron chi connectivity index (χ4n) is 2.95. The predicted octanol–water partition coefficient (Wildman–Crippen LogP) is 1.69. The molecule has 0 aromatic heterocycles. The Hall–Kier alpha value is -1.44. The molecule has 1 heterocycles. The molecule has 1 atom stereocenters. The van der Waals surface area contributed by atoms with E-state index in [1.807, 2.05) is 39.0 Å². The molecule has 1 saturated heterocycles. The average Bonchev–Trinajstić information content (AvgIpc) is 2.53. The van der Waals surface area contributed by atoms with Gasteiger partial charge >= 0.3 is 0 Å². The molecule has 1 amide bonds. The summed E-state index contributed by atoms with van der Waals surface area (Å²) in [6.45, 7) is 7.89. The van der Waals surface area contributed by atoms with E-state index in [1.165, 1.54) is 0 Å². The molecule has 1 N–H and O–H groups in total. The van der Waals surface area contributed by atoms with Crippen LogP contribution in [0.15, 0.2) is 24.3 Å². The van der Waals surface area contributed by atoms with E-state index in [9.17, 15) is 13.2 Å². The number of carbonyl (C=O) groups excluding carboxylic acids is 1. The van der Waals surface area contributed by atoms with Crippen molar-refractivity contribution >= 4 is 15.9 Å². The number of benzene rings is 1. The standard InChI is InChI=1S/C18H28N2O4S/c1-14(2)11-17(18(21)20-7-9-24-10-8-20)19-25(22,23)13-16-6-4-5-15(3)12-16/h4-6,12,14,17,19H,7-11,13H2,1-3H3/t17-/m0/s1. The van der Waals surface area contributed by atoms with Crippen LogP contribution in [0.4, 0.5) is 0 Å². The Balaban J connectivity index is 2.10. The van der Waals surface area contributed by atoms with Gasteiger partial charge in [-0.05, 0) is 24.8 Å². The second-order valence-electron chi connectivity index (χ2n) is 6.99. The Kier molecular flexibility index (Phi) is 6.98. The van der Waals surface area contributed by atoms with E-state index < -0.39 is 16.1 Å². The van der Waals surface area contributed by atoms with Gasteiger partial charge in [-0.3, -0.25) is 4.79 Å². The van der Waals surface area contributed by atoms with Crippen LogP contribution in [0.25, 0.3) is 0 Å². The van der Waals surface area contributed by atoms with Crippen LogP contribution in [0.2, 0.25) is 0 Å². The zero-order valence-electron chi connectivity index (χ0n) is 15.2. The van der Waals surface area contributed by atoms with E-state index in [0.717, 1.165) is 11.1 Å². The van der Waals surface area contributed by atoms with Gasteiger partial charge in [0, 0.05) is 13.1 Å². The monoisotopic (exact) mass is 368 g/mol. The van der Waals surface area contributed by atoms with E-state index in [1.54, 1.807) is 11.0 Å². The zero-order chi connectivity index (χ0) is 18.4. The van der Waals surface area contributed by atoms with Crippen LogP contribution in [-0.4, -0.2) is 51.6 Å². The third kappa shape index (κ3) is 6.41. The van der Waals surface area contributed by atoms with Crippen molar-refractivity contribution in [2.45, 2.75) is 39.0 Å². The van der Waals surface area contributed by atoms with Crippen molar-refractivity contribution in [1.82, 2.24) is 9.62 Å². The Labute approximate surface area is 150 Å². The van der Waals surface area contributed by atoms with Gasteiger partial charge in [-0.15, -0.1) is 0 Å². The number of morpholine rings is 1. The molecule has 7 heteroatoms. The molecular formula is C18H28N2O4S. The minimum Gasteiger partial charge on any atom is -0.378 e. The first kappa shape index (κ1) is 19.9. The number of hydrogen-bond donors (Lipinski definition) is 1. The number of sulfonamides is 1. The van der Waals surface area contributed by atoms with Crippen molar-refractivity contribution in [1.29, 1.82) is 0 Å². The maximum Gasteiger partial charge on any atom is 0.240 e. The molecule has 6 nitrogen and oxygen atoms in total. The van der Waals surface area contributed by atoms with E-state index in [-0.39, 0.29) is 17.6 Å². The van der Waals surface area contributed by atoms with Crippen molar-refractivity contribution in [3.05, 3.63) is 35.4 Å². The predicted molar refractivity (Wildman–Crippen MR) is 97.6 cm³/mol. The summed E-state index contributed by atoms with van der Waals surface area (Å²) in [6, 6.07) is 6.67. The highest BCUT2D eigenvalue weighted by molar-refractivity contribution is 7.88. The summed E-state index contributed by atoms with van der Waals surface area (Å²) in [7, 11) is -3.61. The van der Waals surface area contributed by atoms with Crippen LogP contribution in [0.5, 0.6) is 0 Å². The summed E-state index contributed by atoms with van der Waals surface area (Å²) in [5, 5.41) is 0. The van der Waals surface area contributed by atoms with Gasteiger partial charge in [0.15, 0.2) is 0 Å². The molecule has 1 fully saturated rings. The molecule has 2 rings (SSSR count). The van der Waals surface area contributed by atoms with Crippen LogP contribution in [0.1, 0.15) is 31.4 Å². The first-order valence-electron chi connectivity index (χ1n) is 8.69. The minimum atomic E-state index is -3.61. The van der Waals surface area contributed by atoms with Gasteiger partial charge in [0.1, 0.15) is 6.04 Å². The van der Waals surface area contributed by atoms with Crippen LogP contribution >= 0.6 is 0 Å². The lowest BCUT2D eigenvalue weighted by Gasteiger charge is -2.31. The Morgan fingerprint density at radius 2 is 1.96 bits per heavy atom.